The molecule has 1 saturated heterocycles. The van der Waals surface area contributed by atoms with Crippen LogP contribution in [0.1, 0.15) is 109 Å². The van der Waals surface area contributed by atoms with Crippen molar-refractivity contribution >= 4 is 23.5 Å². The molecule has 3 aromatic rings. The Morgan fingerprint density at radius 3 is 2.21 bits per heavy atom. The second-order valence-electron chi connectivity index (χ2n) is 18.3. The average molecular weight is 872 g/mol. The number of anilines is 1. The first-order valence-corrected chi connectivity index (χ1v) is 22.4. The molecule has 3 aromatic carbocycles. The molecule has 6 rings (SSSR count). The number of fused-ring (bicyclic) bond motifs is 1. The molecule has 10 nitrogen and oxygen atoms in total. The third kappa shape index (κ3) is 12.0. The highest BCUT2D eigenvalue weighted by atomic mass is 19.1. The Hall–Kier alpha value is -4.91. The molecule has 2 aliphatic carbocycles. The summed E-state index contributed by atoms with van der Waals surface area (Å²) < 4.78 is 44.5. The van der Waals surface area contributed by atoms with E-state index in [4.69, 9.17) is 14.2 Å². The van der Waals surface area contributed by atoms with Crippen LogP contribution in [0, 0.1) is 46.6 Å². The van der Waals surface area contributed by atoms with E-state index in [1.165, 1.54) is 42.0 Å². The van der Waals surface area contributed by atoms with E-state index >= 15 is 0 Å². The van der Waals surface area contributed by atoms with E-state index in [1.807, 2.05) is 32.9 Å². The van der Waals surface area contributed by atoms with E-state index in [1.54, 1.807) is 29.2 Å². The number of benzene rings is 3. The number of halogens is 2. The molecular formula is C51H63F2NO9. The third-order valence-electron chi connectivity index (χ3n) is 13.2. The third-order valence-corrected chi connectivity index (χ3v) is 13.2. The zero-order chi connectivity index (χ0) is 45.4. The zero-order valence-corrected chi connectivity index (χ0v) is 37.0. The smallest absolute Gasteiger partial charge is 0.311 e. The van der Waals surface area contributed by atoms with Crippen LogP contribution < -0.4 is 9.64 Å². The lowest BCUT2D eigenvalue weighted by atomic mass is 9.65. The minimum absolute atomic E-state index is 0.0171. The summed E-state index contributed by atoms with van der Waals surface area (Å²) in [4.78, 5) is 40.8. The Kier molecular flexibility index (Phi) is 16.0. The van der Waals surface area contributed by atoms with Crippen LogP contribution in [-0.4, -0.2) is 64.7 Å². The van der Waals surface area contributed by atoms with Crippen LogP contribution in [0.2, 0.25) is 0 Å². The van der Waals surface area contributed by atoms with E-state index in [2.05, 4.69) is 32.1 Å². The van der Waals surface area contributed by atoms with Gasteiger partial charge in [-0.15, -0.1) is 0 Å². The van der Waals surface area contributed by atoms with Crippen LogP contribution in [0.3, 0.4) is 0 Å². The molecular weight excluding hydrogens is 809 g/mol. The molecule has 0 aromatic heterocycles. The van der Waals surface area contributed by atoms with Crippen LogP contribution in [0.15, 0.2) is 96.6 Å². The van der Waals surface area contributed by atoms with Crippen molar-refractivity contribution in [3.05, 3.63) is 119 Å². The Bertz CT molecular complexity index is 2070. The second-order valence-corrected chi connectivity index (χ2v) is 18.3. The molecule has 340 valence electrons. The zero-order valence-electron chi connectivity index (χ0n) is 37.0. The van der Waals surface area contributed by atoms with Crippen molar-refractivity contribution in [2.45, 2.75) is 116 Å². The van der Waals surface area contributed by atoms with Gasteiger partial charge in [0.15, 0.2) is 0 Å². The fourth-order valence-corrected chi connectivity index (χ4v) is 9.18. The summed E-state index contributed by atoms with van der Waals surface area (Å²) in [6, 6.07) is 18.1. The molecule has 0 bridgehead atoms. The lowest BCUT2D eigenvalue weighted by Crippen LogP contribution is -2.55. The van der Waals surface area contributed by atoms with Crippen LogP contribution >= 0.6 is 0 Å². The number of nitrogens with zero attached hydrogens (tertiary/aromatic N) is 1. The van der Waals surface area contributed by atoms with Crippen molar-refractivity contribution in [3.8, 4) is 5.75 Å². The van der Waals surface area contributed by atoms with Crippen LogP contribution in [0.5, 0.6) is 5.75 Å². The van der Waals surface area contributed by atoms with E-state index in [-0.39, 0.29) is 80.2 Å². The van der Waals surface area contributed by atoms with E-state index < -0.39 is 47.2 Å². The van der Waals surface area contributed by atoms with Crippen LogP contribution in [-0.2, 0) is 23.9 Å². The van der Waals surface area contributed by atoms with Gasteiger partial charge in [-0.1, -0.05) is 63.3 Å². The normalized spacial score (nSPS) is 24.7. The topological polar surface area (TPSA) is 143 Å². The largest absolute Gasteiger partial charge is 0.490 e. The Labute approximate surface area is 369 Å². The van der Waals surface area contributed by atoms with Gasteiger partial charge in [-0.25, -0.2) is 8.78 Å². The molecule has 0 radical (unpaired) electrons. The van der Waals surface area contributed by atoms with Crippen molar-refractivity contribution in [1.82, 2.24) is 0 Å². The maximum absolute atomic E-state index is 13.8. The van der Waals surface area contributed by atoms with Crippen molar-refractivity contribution in [2.75, 3.05) is 18.1 Å². The van der Waals surface area contributed by atoms with Crippen LogP contribution in [0.4, 0.5) is 14.5 Å². The minimum Gasteiger partial charge on any atom is -0.490 e. The van der Waals surface area contributed by atoms with Gasteiger partial charge < -0.3 is 34.4 Å². The predicted octanol–water partition coefficient (Wildman–Crippen LogP) is 9.14. The summed E-state index contributed by atoms with van der Waals surface area (Å²) in [7, 11) is 0. The summed E-state index contributed by atoms with van der Waals surface area (Å²) in [6.45, 7) is 10.1. The molecule has 10 unspecified atom stereocenters. The quantitative estimate of drug-likeness (QED) is 0.0576. The molecule has 1 fully saturated rings. The van der Waals surface area contributed by atoms with Gasteiger partial charge in [-0.3, -0.25) is 14.4 Å². The molecule has 1 amide bonds. The second kappa shape index (κ2) is 21.2. The van der Waals surface area contributed by atoms with Crippen LogP contribution in [0.25, 0.3) is 0 Å². The summed E-state index contributed by atoms with van der Waals surface area (Å²) in [5.41, 5.74) is 2.52. The molecule has 0 spiro atoms. The van der Waals surface area contributed by atoms with Crippen molar-refractivity contribution in [3.63, 3.8) is 0 Å². The highest BCUT2D eigenvalue weighted by Crippen LogP contribution is 2.47. The van der Waals surface area contributed by atoms with Crippen molar-refractivity contribution < 1.29 is 52.7 Å². The van der Waals surface area contributed by atoms with Crippen molar-refractivity contribution in [1.29, 1.82) is 0 Å². The van der Waals surface area contributed by atoms with E-state index in [0.717, 1.165) is 12.0 Å². The number of amides is 1. The Morgan fingerprint density at radius 1 is 0.873 bits per heavy atom. The maximum atomic E-state index is 13.8. The SMILES string of the molecule is CCC(C)(C)C(=O)OC1CC(C)C=C2C=CC(C)C(CCC(O)CC(O)CC(=O)OCCOc3ccc(C4C(CCC(O)c5ccc(F)cc5)C(=O)N4c4ccc(F)cc4)cc3)C21. The highest BCUT2D eigenvalue weighted by molar-refractivity contribution is 6.03. The molecule has 1 heterocycles. The van der Waals surface area contributed by atoms with Gasteiger partial charge in [0.1, 0.15) is 36.7 Å². The first-order valence-electron chi connectivity index (χ1n) is 22.4. The Morgan fingerprint density at radius 2 is 1.54 bits per heavy atom. The number of hydrogen-bond acceptors (Lipinski definition) is 9. The van der Waals surface area contributed by atoms with Crippen molar-refractivity contribution in [2.24, 2.45) is 35.0 Å². The first kappa shape index (κ1) is 47.6. The van der Waals surface area contributed by atoms with Gasteiger partial charge in [0.2, 0.25) is 5.91 Å². The van der Waals surface area contributed by atoms with Gasteiger partial charge in [0, 0.05) is 11.6 Å². The fourth-order valence-electron chi connectivity index (χ4n) is 9.18. The van der Waals surface area contributed by atoms with E-state index in [9.17, 15) is 38.5 Å². The number of aliphatic hydroxyl groups excluding tert-OH is 3. The fraction of sp³-hybridized carbons (Fsp3) is 0.510. The standard InChI is InChI=1S/C51H63F2NO9/c1-6-51(4,5)50(60)63-45-28-31(2)27-35-8-7-32(3)42(47(35)45)22-19-39(55)29-40(56)30-46(58)62-26-25-61-41-20-11-34(12-21-41)48-43(23-24-44(57)33-9-13-36(52)14-10-33)49(59)54(48)38-17-15-37(53)16-18-38/h7-18,20-21,27,31-32,39-40,42-45,47-48,55-57H,6,19,22-26,28-30H2,1-5H3. The number of aliphatic hydroxyl groups is 3. The average Bonchev–Trinajstić information content (AvgIpc) is 3.25. The Balaban J connectivity index is 0.952. The molecule has 3 N–H and O–H groups in total. The summed E-state index contributed by atoms with van der Waals surface area (Å²) >= 11 is 0. The van der Waals surface area contributed by atoms with E-state index in [0.29, 0.717) is 42.7 Å². The monoisotopic (exact) mass is 871 g/mol. The minimum atomic E-state index is -1.09. The van der Waals surface area contributed by atoms with Gasteiger partial charge >= 0.3 is 11.9 Å². The van der Waals surface area contributed by atoms with Gasteiger partial charge in [0.05, 0.1) is 42.1 Å². The molecule has 10 atom stereocenters. The number of allylic oxidation sites excluding steroid dienone is 3. The molecule has 63 heavy (non-hydrogen) atoms. The first-order chi connectivity index (χ1) is 30.0. The summed E-state index contributed by atoms with van der Waals surface area (Å²) in [6.07, 6.45) is 6.43. The molecule has 1 aliphatic heterocycles. The van der Waals surface area contributed by atoms with Gasteiger partial charge in [-0.2, -0.15) is 0 Å². The number of ether oxygens (including phenoxy) is 3. The predicted molar refractivity (Wildman–Crippen MR) is 235 cm³/mol. The summed E-state index contributed by atoms with van der Waals surface area (Å²) in [5.74, 6) is -1.09. The highest BCUT2D eigenvalue weighted by Gasteiger charge is 2.48. The number of rotatable bonds is 20. The number of β-lactam (4-membered cyclic amide) rings is 1. The summed E-state index contributed by atoms with van der Waals surface area (Å²) in [5, 5.41) is 32.4. The molecule has 12 heteroatoms. The maximum Gasteiger partial charge on any atom is 0.311 e. The number of hydrogen-bond donors (Lipinski definition) is 3. The lowest BCUT2D eigenvalue weighted by Gasteiger charge is -2.48. The number of carbonyl (C=O) groups is 3. The van der Waals surface area contributed by atoms with Gasteiger partial charge in [0.25, 0.3) is 0 Å². The number of carbonyl (C=O) groups excluding carboxylic acids is 3. The molecule has 3 aliphatic rings. The molecule has 0 saturated carbocycles. The number of esters is 2. The lowest BCUT2D eigenvalue weighted by molar-refractivity contribution is -0.164. The van der Waals surface area contributed by atoms with Gasteiger partial charge in [-0.05, 0) is 142 Å².